The first-order chi connectivity index (χ1) is 13.7. The average Bonchev–Trinajstić information content (AvgIpc) is 2.74. The number of amides is 1. The van der Waals surface area contributed by atoms with Gasteiger partial charge in [-0.1, -0.05) is 72.8 Å². The van der Waals surface area contributed by atoms with Crippen molar-refractivity contribution in [2.24, 2.45) is 0 Å². The van der Waals surface area contributed by atoms with Gasteiger partial charge in [-0.15, -0.1) is 0 Å². The van der Waals surface area contributed by atoms with Crippen molar-refractivity contribution in [3.05, 3.63) is 83.9 Å². The number of hydrogen-bond donors (Lipinski definition) is 1. The van der Waals surface area contributed by atoms with Gasteiger partial charge < -0.3 is 5.32 Å². The van der Waals surface area contributed by atoms with Gasteiger partial charge in [-0.2, -0.15) is 0 Å². The zero-order chi connectivity index (χ0) is 19.4. The lowest BCUT2D eigenvalue weighted by Gasteiger charge is -2.49. The molecule has 144 valence electrons. The standard InChI is InChI=1S/C25H28N2O/c1-25(16-18-27(25)17-8-11-20-9-3-2-4-10-20)24(28)26-19-22-14-7-13-21-12-5-6-15-23(21)22/h2-7,9-10,12-15H,8,11,16-19H2,1H3,(H,26,28). The van der Waals surface area contributed by atoms with E-state index >= 15 is 0 Å². The molecule has 1 fully saturated rings. The molecule has 3 nitrogen and oxygen atoms in total. The lowest BCUT2D eigenvalue weighted by atomic mass is 9.85. The molecule has 0 radical (unpaired) electrons. The van der Waals surface area contributed by atoms with E-state index in [1.54, 1.807) is 0 Å². The molecular weight excluding hydrogens is 344 g/mol. The molecule has 1 aliphatic rings. The maximum absolute atomic E-state index is 12.9. The lowest BCUT2D eigenvalue weighted by Crippen LogP contribution is -2.65. The first-order valence-corrected chi connectivity index (χ1v) is 10.2. The molecule has 1 heterocycles. The number of carbonyl (C=O) groups excluding carboxylic acids is 1. The van der Waals surface area contributed by atoms with Crippen LogP contribution in [0.3, 0.4) is 0 Å². The third kappa shape index (κ3) is 3.81. The summed E-state index contributed by atoms with van der Waals surface area (Å²) in [7, 11) is 0. The van der Waals surface area contributed by atoms with Crippen molar-refractivity contribution in [1.29, 1.82) is 0 Å². The van der Waals surface area contributed by atoms with Crippen LogP contribution in [-0.4, -0.2) is 29.4 Å². The van der Waals surface area contributed by atoms with Crippen LogP contribution in [0.1, 0.15) is 30.9 Å². The Morgan fingerprint density at radius 1 is 1.00 bits per heavy atom. The topological polar surface area (TPSA) is 32.3 Å². The van der Waals surface area contributed by atoms with Gasteiger partial charge in [-0.25, -0.2) is 0 Å². The fourth-order valence-electron chi connectivity index (χ4n) is 4.15. The van der Waals surface area contributed by atoms with Crippen molar-refractivity contribution < 1.29 is 4.79 Å². The van der Waals surface area contributed by atoms with Crippen molar-refractivity contribution in [3.63, 3.8) is 0 Å². The fourth-order valence-corrected chi connectivity index (χ4v) is 4.15. The van der Waals surface area contributed by atoms with Crippen LogP contribution in [0.2, 0.25) is 0 Å². The Balaban J connectivity index is 1.33. The summed E-state index contributed by atoms with van der Waals surface area (Å²) in [6.07, 6.45) is 3.07. The van der Waals surface area contributed by atoms with Crippen molar-refractivity contribution >= 4 is 16.7 Å². The van der Waals surface area contributed by atoms with E-state index < -0.39 is 0 Å². The molecule has 1 amide bonds. The normalized spacial score (nSPS) is 19.3. The van der Waals surface area contributed by atoms with E-state index in [1.165, 1.54) is 21.9 Å². The highest BCUT2D eigenvalue weighted by Crippen LogP contribution is 2.31. The fraction of sp³-hybridized carbons (Fsp3) is 0.320. The molecule has 3 aromatic rings. The summed E-state index contributed by atoms with van der Waals surface area (Å²) in [4.78, 5) is 15.3. The number of carbonyl (C=O) groups is 1. The Bertz CT molecular complexity index is 948. The Hall–Kier alpha value is -2.65. The van der Waals surface area contributed by atoms with Gasteiger partial charge in [0, 0.05) is 13.1 Å². The summed E-state index contributed by atoms with van der Waals surface area (Å²) >= 11 is 0. The number of benzene rings is 3. The molecule has 1 N–H and O–H groups in total. The number of rotatable bonds is 7. The number of fused-ring (bicyclic) bond motifs is 1. The van der Waals surface area contributed by atoms with E-state index in [2.05, 4.69) is 83.9 Å². The van der Waals surface area contributed by atoms with Crippen LogP contribution in [-0.2, 0) is 17.8 Å². The van der Waals surface area contributed by atoms with Crippen LogP contribution in [0.15, 0.2) is 72.8 Å². The monoisotopic (exact) mass is 372 g/mol. The molecule has 28 heavy (non-hydrogen) atoms. The highest BCUT2D eigenvalue weighted by atomic mass is 16.2. The summed E-state index contributed by atoms with van der Waals surface area (Å²) in [5.74, 6) is 0.145. The van der Waals surface area contributed by atoms with Crippen molar-refractivity contribution in [3.8, 4) is 0 Å². The number of aryl methyl sites for hydroxylation is 1. The Kier molecular flexibility index (Phi) is 5.45. The van der Waals surface area contributed by atoms with E-state index in [9.17, 15) is 4.79 Å². The van der Waals surface area contributed by atoms with Gasteiger partial charge in [0.1, 0.15) is 0 Å². The lowest BCUT2D eigenvalue weighted by molar-refractivity contribution is -0.141. The van der Waals surface area contributed by atoms with Crippen LogP contribution < -0.4 is 5.32 Å². The molecule has 0 aliphatic carbocycles. The largest absolute Gasteiger partial charge is 0.350 e. The van der Waals surface area contributed by atoms with Gasteiger partial charge in [-0.05, 0) is 54.6 Å². The third-order valence-corrected chi connectivity index (χ3v) is 6.11. The first kappa shape index (κ1) is 18.7. The van der Waals surface area contributed by atoms with Gasteiger partial charge in [0.2, 0.25) is 5.91 Å². The SMILES string of the molecule is CC1(C(=O)NCc2cccc3ccccc23)CCN1CCCc1ccccc1. The third-order valence-electron chi connectivity index (χ3n) is 6.11. The molecule has 3 heteroatoms. The van der Waals surface area contributed by atoms with Crippen LogP contribution in [0.5, 0.6) is 0 Å². The van der Waals surface area contributed by atoms with Crippen LogP contribution in [0.25, 0.3) is 10.8 Å². The Labute approximate surface area is 167 Å². The van der Waals surface area contributed by atoms with Crippen LogP contribution in [0, 0.1) is 0 Å². The van der Waals surface area contributed by atoms with E-state index in [0.29, 0.717) is 6.54 Å². The minimum atomic E-state index is -0.374. The summed E-state index contributed by atoms with van der Waals surface area (Å²) < 4.78 is 0. The molecule has 1 aliphatic heterocycles. The second kappa shape index (κ2) is 8.15. The summed E-state index contributed by atoms with van der Waals surface area (Å²) in [6, 6.07) is 25.2. The number of nitrogens with one attached hydrogen (secondary N) is 1. The second-order valence-electron chi connectivity index (χ2n) is 7.92. The quantitative estimate of drug-likeness (QED) is 0.660. The predicted molar refractivity (Wildman–Crippen MR) is 115 cm³/mol. The average molecular weight is 373 g/mol. The van der Waals surface area contributed by atoms with Gasteiger partial charge in [0.25, 0.3) is 0 Å². The predicted octanol–water partition coefficient (Wildman–Crippen LogP) is 4.55. The molecule has 1 unspecified atom stereocenters. The van der Waals surface area contributed by atoms with Gasteiger partial charge in [-0.3, -0.25) is 9.69 Å². The summed E-state index contributed by atoms with van der Waals surface area (Å²) in [5.41, 5.74) is 2.16. The van der Waals surface area contributed by atoms with E-state index in [1.807, 2.05) is 6.07 Å². The van der Waals surface area contributed by atoms with Gasteiger partial charge in [0.15, 0.2) is 0 Å². The second-order valence-corrected chi connectivity index (χ2v) is 7.92. The van der Waals surface area contributed by atoms with E-state index in [-0.39, 0.29) is 11.4 Å². The molecule has 0 aromatic heterocycles. The molecule has 3 aromatic carbocycles. The van der Waals surface area contributed by atoms with Crippen LogP contribution in [0.4, 0.5) is 0 Å². The van der Waals surface area contributed by atoms with Gasteiger partial charge in [0.05, 0.1) is 5.54 Å². The van der Waals surface area contributed by atoms with Gasteiger partial charge >= 0.3 is 0 Å². The summed E-state index contributed by atoms with van der Waals surface area (Å²) in [5, 5.41) is 5.62. The number of nitrogens with zero attached hydrogens (tertiary/aromatic N) is 1. The first-order valence-electron chi connectivity index (χ1n) is 10.2. The zero-order valence-electron chi connectivity index (χ0n) is 16.5. The number of likely N-dealkylation sites (tertiary alicyclic amines) is 1. The zero-order valence-corrected chi connectivity index (χ0v) is 16.5. The Morgan fingerprint density at radius 2 is 1.75 bits per heavy atom. The van der Waals surface area contributed by atoms with Crippen molar-refractivity contribution in [1.82, 2.24) is 10.2 Å². The van der Waals surface area contributed by atoms with E-state index in [0.717, 1.165) is 32.4 Å². The molecule has 1 atom stereocenters. The maximum Gasteiger partial charge on any atom is 0.240 e. The summed E-state index contributed by atoms with van der Waals surface area (Å²) in [6.45, 7) is 4.63. The molecule has 0 saturated carbocycles. The molecule has 0 spiro atoms. The maximum atomic E-state index is 12.9. The van der Waals surface area contributed by atoms with Crippen molar-refractivity contribution in [2.45, 2.75) is 38.3 Å². The number of hydrogen-bond acceptors (Lipinski definition) is 2. The molecule has 4 rings (SSSR count). The highest BCUT2D eigenvalue weighted by molar-refractivity contribution is 5.88. The molecule has 1 saturated heterocycles. The molecule has 0 bridgehead atoms. The van der Waals surface area contributed by atoms with E-state index in [4.69, 9.17) is 0 Å². The van der Waals surface area contributed by atoms with Crippen LogP contribution >= 0.6 is 0 Å². The highest BCUT2D eigenvalue weighted by Gasteiger charge is 2.46. The smallest absolute Gasteiger partial charge is 0.240 e. The minimum absolute atomic E-state index is 0.145. The Morgan fingerprint density at radius 3 is 2.54 bits per heavy atom. The van der Waals surface area contributed by atoms with Crippen molar-refractivity contribution in [2.75, 3.05) is 13.1 Å². The minimum Gasteiger partial charge on any atom is -0.350 e. The molecular formula is C25H28N2O.